The Labute approximate surface area is 224 Å². The number of methoxy groups -OCH3 is 2. The van der Waals surface area contributed by atoms with Gasteiger partial charge in [-0.15, -0.1) is 0 Å². The number of anilines is 1. The largest absolute Gasteiger partial charge is 0.493 e. The van der Waals surface area contributed by atoms with Crippen molar-refractivity contribution in [2.24, 2.45) is 0 Å². The summed E-state index contributed by atoms with van der Waals surface area (Å²) in [5.41, 5.74) is 4.53. The first-order valence-corrected chi connectivity index (χ1v) is 13.2. The number of hydrogen-bond acceptors (Lipinski definition) is 5. The standard InChI is InChI=1S/C31H36N2O5/c1-4-27(38-24-15-14-22-9-5-6-10-23(22)20-24)31(35)33-26-12-8-7-11-25(26)30(34)32-18-17-21-13-16-28(36-2)29(19-21)37-3/h7-8,11-16,19-20,27H,4-6,9-10,17-18H2,1-3H3,(H,32,34)(H,33,35)/t27-/m0/s1. The zero-order chi connectivity index (χ0) is 26.9. The van der Waals surface area contributed by atoms with Crippen LogP contribution in [0.4, 0.5) is 5.69 Å². The van der Waals surface area contributed by atoms with E-state index in [-0.39, 0.29) is 11.8 Å². The molecular formula is C31H36N2O5. The van der Waals surface area contributed by atoms with Crippen LogP contribution < -0.4 is 24.8 Å². The molecule has 3 aromatic rings. The highest BCUT2D eigenvalue weighted by molar-refractivity contribution is 6.04. The second kappa shape index (κ2) is 13.0. The van der Waals surface area contributed by atoms with E-state index in [9.17, 15) is 9.59 Å². The maximum Gasteiger partial charge on any atom is 0.265 e. The van der Waals surface area contributed by atoms with E-state index in [1.807, 2.05) is 31.2 Å². The molecule has 38 heavy (non-hydrogen) atoms. The lowest BCUT2D eigenvalue weighted by Gasteiger charge is -2.21. The summed E-state index contributed by atoms with van der Waals surface area (Å²) in [6.07, 6.45) is 5.00. The third kappa shape index (κ3) is 6.65. The van der Waals surface area contributed by atoms with Gasteiger partial charge in [-0.1, -0.05) is 31.2 Å². The van der Waals surface area contributed by atoms with Crippen molar-refractivity contribution in [3.8, 4) is 17.2 Å². The zero-order valence-electron chi connectivity index (χ0n) is 22.3. The number of amides is 2. The minimum absolute atomic E-state index is 0.259. The molecule has 0 radical (unpaired) electrons. The molecule has 0 unspecified atom stereocenters. The predicted octanol–water partition coefficient (Wildman–Crippen LogP) is 5.35. The lowest BCUT2D eigenvalue weighted by atomic mass is 9.92. The summed E-state index contributed by atoms with van der Waals surface area (Å²) >= 11 is 0. The zero-order valence-corrected chi connectivity index (χ0v) is 22.3. The van der Waals surface area contributed by atoms with E-state index in [1.54, 1.807) is 38.5 Å². The smallest absolute Gasteiger partial charge is 0.265 e. The molecule has 0 heterocycles. The second-order valence-electron chi connectivity index (χ2n) is 9.38. The topological polar surface area (TPSA) is 85.9 Å². The van der Waals surface area contributed by atoms with Gasteiger partial charge in [-0.3, -0.25) is 9.59 Å². The average molecular weight is 517 g/mol. The van der Waals surface area contributed by atoms with Gasteiger partial charge in [0.15, 0.2) is 17.6 Å². The minimum atomic E-state index is -0.669. The van der Waals surface area contributed by atoms with Crippen molar-refractivity contribution in [3.05, 3.63) is 82.9 Å². The van der Waals surface area contributed by atoms with Crippen LogP contribution in [0.25, 0.3) is 0 Å². The molecule has 1 aliphatic carbocycles. The van der Waals surface area contributed by atoms with Gasteiger partial charge >= 0.3 is 0 Å². The molecular weight excluding hydrogens is 480 g/mol. The highest BCUT2D eigenvalue weighted by Gasteiger charge is 2.22. The van der Waals surface area contributed by atoms with E-state index in [0.717, 1.165) is 18.4 Å². The van der Waals surface area contributed by atoms with Crippen molar-refractivity contribution in [1.82, 2.24) is 5.32 Å². The quantitative estimate of drug-likeness (QED) is 0.359. The molecule has 0 bridgehead atoms. The lowest BCUT2D eigenvalue weighted by molar-refractivity contribution is -0.122. The summed E-state index contributed by atoms with van der Waals surface area (Å²) in [7, 11) is 3.19. The molecule has 1 aliphatic rings. The van der Waals surface area contributed by atoms with Crippen LogP contribution in [0.2, 0.25) is 0 Å². The van der Waals surface area contributed by atoms with Crippen molar-refractivity contribution in [2.45, 2.75) is 51.6 Å². The Kier molecular flexibility index (Phi) is 9.25. The first-order chi connectivity index (χ1) is 18.5. The average Bonchev–Trinajstić information content (AvgIpc) is 2.95. The maximum atomic E-state index is 13.1. The van der Waals surface area contributed by atoms with E-state index < -0.39 is 6.10 Å². The number of para-hydroxylation sites is 1. The number of carbonyl (C=O) groups is 2. The summed E-state index contributed by atoms with van der Waals surface area (Å²) in [6.45, 7) is 2.34. The molecule has 1 atom stereocenters. The summed E-state index contributed by atoms with van der Waals surface area (Å²) in [5, 5.41) is 5.85. The first-order valence-electron chi connectivity index (χ1n) is 13.2. The summed E-state index contributed by atoms with van der Waals surface area (Å²) in [5.74, 6) is 1.47. The van der Waals surface area contributed by atoms with Gasteiger partial charge in [0.2, 0.25) is 0 Å². The van der Waals surface area contributed by atoms with Crippen LogP contribution in [0.3, 0.4) is 0 Å². The van der Waals surface area contributed by atoms with Crippen LogP contribution in [0.1, 0.15) is 53.2 Å². The number of hydrogen-bond donors (Lipinski definition) is 2. The van der Waals surface area contributed by atoms with Crippen LogP contribution in [-0.2, 0) is 24.1 Å². The summed E-state index contributed by atoms with van der Waals surface area (Å²) in [6, 6.07) is 18.8. The van der Waals surface area contributed by atoms with Gasteiger partial charge in [-0.05, 0) is 91.6 Å². The molecule has 7 heteroatoms. The molecule has 0 saturated heterocycles. The lowest BCUT2D eigenvalue weighted by Crippen LogP contribution is -2.33. The number of fused-ring (bicyclic) bond motifs is 1. The first kappa shape index (κ1) is 27.0. The number of ether oxygens (including phenoxy) is 3. The van der Waals surface area contributed by atoms with E-state index in [4.69, 9.17) is 14.2 Å². The fourth-order valence-corrected chi connectivity index (χ4v) is 4.72. The van der Waals surface area contributed by atoms with Gasteiger partial charge < -0.3 is 24.8 Å². The third-order valence-corrected chi connectivity index (χ3v) is 6.84. The molecule has 4 rings (SSSR count). The van der Waals surface area contributed by atoms with Gasteiger partial charge in [0.05, 0.1) is 25.5 Å². The highest BCUT2D eigenvalue weighted by atomic mass is 16.5. The van der Waals surface area contributed by atoms with E-state index in [0.29, 0.717) is 47.9 Å². The second-order valence-corrected chi connectivity index (χ2v) is 9.38. The van der Waals surface area contributed by atoms with Crippen molar-refractivity contribution in [1.29, 1.82) is 0 Å². The fourth-order valence-electron chi connectivity index (χ4n) is 4.72. The van der Waals surface area contributed by atoms with Gasteiger partial charge in [-0.2, -0.15) is 0 Å². The molecule has 0 fully saturated rings. The van der Waals surface area contributed by atoms with E-state index >= 15 is 0 Å². The molecule has 0 aliphatic heterocycles. The van der Waals surface area contributed by atoms with Crippen molar-refractivity contribution in [3.63, 3.8) is 0 Å². The summed E-state index contributed by atoms with van der Waals surface area (Å²) < 4.78 is 16.7. The van der Waals surface area contributed by atoms with Gasteiger partial charge in [0.25, 0.3) is 11.8 Å². The minimum Gasteiger partial charge on any atom is -0.493 e. The van der Waals surface area contributed by atoms with Crippen molar-refractivity contribution in [2.75, 3.05) is 26.1 Å². The fraction of sp³-hybridized carbons (Fsp3) is 0.355. The van der Waals surface area contributed by atoms with E-state index in [2.05, 4.69) is 22.8 Å². The van der Waals surface area contributed by atoms with Crippen molar-refractivity contribution < 1.29 is 23.8 Å². The van der Waals surface area contributed by atoms with Gasteiger partial charge in [0, 0.05) is 6.54 Å². The molecule has 2 N–H and O–H groups in total. The van der Waals surface area contributed by atoms with Crippen LogP contribution in [0.15, 0.2) is 60.7 Å². The summed E-state index contributed by atoms with van der Waals surface area (Å²) in [4.78, 5) is 26.1. The Hall–Kier alpha value is -4.00. The SMILES string of the molecule is CC[C@H](Oc1ccc2c(c1)CCCC2)C(=O)Nc1ccccc1C(=O)NCCc1ccc(OC)c(OC)c1. The highest BCUT2D eigenvalue weighted by Crippen LogP contribution is 2.28. The monoisotopic (exact) mass is 516 g/mol. The van der Waals surface area contributed by atoms with Crippen LogP contribution >= 0.6 is 0 Å². The maximum absolute atomic E-state index is 13.1. The Bertz CT molecular complexity index is 1270. The van der Waals surface area contributed by atoms with Gasteiger partial charge in [-0.25, -0.2) is 0 Å². The normalized spacial score (nSPS) is 13.1. The third-order valence-electron chi connectivity index (χ3n) is 6.84. The van der Waals surface area contributed by atoms with Crippen LogP contribution in [0.5, 0.6) is 17.2 Å². The van der Waals surface area contributed by atoms with Crippen LogP contribution in [-0.4, -0.2) is 38.7 Å². The Balaban J connectivity index is 1.37. The Morgan fingerprint density at radius 3 is 2.42 bits per heavy atom. The molecule has 2 amide bonds. The number of nitrogens with one attached hydrogen (secondary N) is 2. The molecule has 0 aromatic heterocycles. The van der Waals surface area contributed by atoms with Crippen molar-refractivity contribution >= 4 is 17.5 Å². The molecule has 0 spiro atoms. The number of carbonyl (C=O) groups excluding carboxylic acids is 2. The van der Waals surface area contributed by atoms with Gasteiger partial charge in [0.1, 0.15) is 5.75 Å². The van der Waals surface area contributed by atoms with Crippen LogP contribution in [0, 0.1) is 0 Å². The number of rotatable bonds is 11. The Morgan fingerprint density at radius 1 is 0.895 bits per heavy atom. The molecule has 3 aromatic carbocycles. The van der Waals surface area contributed by atoms with E-state index in [1.165, 1.54) is 24.0 Å². The number of aryl methyl sites for hydroxylation is 2. The predicted molar refractivity (Wildman–Crippen MR) is 148 cm³/mol. The molecule has 7 nitrogen and oxygen atoms in total. The molecule has 200 valence electrons. The molecule has 0 saturated carbocycles. The number of benzene rings is 3. The Morgan fingerprint density at radius 2 is 1.66 bits per heavy atom.